The maximum absolute atomic E-state index is 14.8. The van der Waals surface area contributed by atoms with E-state index in [9.17, 15) is 18.0 Å². The molecule has 50 heavy (non-hydrogen) atoms. The minimum Gasteiger partial charge on any atom is -0.495 e. The molecular formula is C37H41Cl2N3O7S. The van der Waals surface area contributed by atoms with E-state index in [-0.39, 0.29) is 51.9 Å². The van der Waals surface area contributed by atoms with E-state index >= 15 is 0 Å². The lowest BCUT2D eigenvalue weighted by Gasteiger charge is -2.34. The molecule has 0 fully saturated rings. The Balaban J connectivity index is 1.88. The summed E-state index contributed by atoms with van der Waals surface area (Å²) < 4.78 is 46.3. The Morgan fingerprint density at radius 1 is 0.760 bits per heavy atom. The fraction of sp³-hybridized carbons (Fsp3) is 0.297. The molecule has 0 aliphatic carbocycles. The van der Waals surface area contributed by atoms with Crippen LogP contribution in [0.3, 0.4) is 0 Å². The third-order valence-corrected chi connectivity index (χ3v) is 10.1. The zero-order valence-electron chi connectivity index (χ0n) is 28.6. The fourth-order valence-corrected chi connectivity index (χ4v) is 7.10. The molecule has 13 heteroatoms. The minimum absolute atomic E-state index is 0.0229. The number of hydrogen-bond donors (Lipinski definition) is 1. The third-order valence-electron chi connectivity index (χ3n) is 7.83. The van der Waals surface area contributed by atoms with Crippen LogP contribution in [0.1, 0.15) is 25.0 Å². The molecule has 0 unspecified atom stereocenters. The summed E-state index contributed by atoms with van der Waals surface area (Å²) in [6.45, 7) is 3.57. The first-order valence-corrected chi connectivity index (χ1v) is 18.0. The summed E-state index contributed by atoms with van der Waals surface area (Å²) in [7, 11) is -0.295. The molecule has 4 aromatic carbocycles. The van der Waals surface area contributed by atoms with Crippen LogP contribution in [0.15, 0.2) is 95.9 Å². The number of methoxy groups -OCH3 is 3. The lowest BCUT2D eigenvalue weighted by molar-refractivity contribution is -0.140. The molecule has 1 atom stereocenters. The number of halogens is 2. The van der Waals surface area contributed by atoms with E-state index in [0.29, 0.717) is 22.9 Å². The van der Waals surface area contributed by atoms with Crippen LogP contribution < -0.4 is 23.8 Å². The van der Waals surface area contributed by atoms with Crippen molar-refractivity contribution < 1.29 is 32.2 Å². The maximum Gasteiger partial charge on any atom is 0.265 e. The van der Waals surface area contributed by atoms with Crippen LogP contribution in [0.5, 0.6) is 17.2 Å². The van der Waals surface area contributed by atoms with E-state index in [1.807, 2.05) is 44.2 Å². The van der Waals surface area contributed by atoms with Crippen LogP contribution in [0, 0.1) is 5.92 Å². The van der Waals surface area contributed by atoms with Gasteiger partial charge in [0.1, 0.15) is 18.3 Å². The molecule has 0 saturated heterocycles. The summed E-state index contributed by atoms with van der Waals surface area (Å²) in [5, 5.41) is 3.63. The molecule has 266 valence electrons. The van der Waals surface area contributed by atoms with Gasteiger partial charge in [0.15, 0.2) is 11.5 Å². The van der Waals surface area contributed by atoms with Crippen molar-refractivity contribution in [3.05, 3.63) is 112 Å². The Bertz CT molecular complexity index is 1890. The molecule has 0 bridgehead atoms. The Morgan fingerprint density at radius 3 is 2.04 bits per heavy atom. The number of ether oxygens (including phenoxy) is 3. The number of rotatable bonds is 16. The Morgan fingerprint density at radius 2 is 1.40 bits per heavy atom. The molecule has 0 aliphatic heterocycles. The largest absolute Gasteiger partial charge is 0.495 e. The molecule has 1 N–H and O–H groups in total. The van der Waals surface area contributed by atoms with Crippen molar-refractivity contribution in [1.29, 1.82) is 0 Å². The van der Waals surface area contributed by atoms with Gasteiger partial charge in [0.2, 0.25) is 11.8 Å². The van der Waals surface area contributed by atoms with Gasteiger partial charge in [-0.2, -0.15) is 0 Å². The second-order valence-corrected chi connectivity index (χ2v) is 14.6. The van der Waals surface area contributed by atoms with Crippen molar-refractivity contribution in [1.82, 2.24) is 10.2 Å². The second-order valence-electron chi connectivity index (χ2n) is 11.8. The van der Waals surface area contributed by atoms with Gasteiger partial charge in [-0.15, -0.1) is 0 Å². The highest BCUT2D eigenvalue weighted by molar-refractivity contribution is 7.92. The van der Waals surface area contributed by atoms with E-state index in [1.165, 1.54) is 56.6 Å². The zero-order valence-corrected chi connectivity index (χ0v) is 30.9. The maximum atomic E-state index is 14.8. The quantitative estimate of drug-likeness (QED) is 0.137. The number of carbonyl (C=O) groups excluding carboxylic acids is 2. The molecule has 0 radical (unpaired) electrons. The Hall–Kier alpha value is -4.45. The van der Waals surface area contributed by atoms with Gasteiger partial charge >= 0.3 is 0 Å². The first kappa shape index (κ1) is 38.4. The molecule has 2 amide bonds. The summed E-state index contributed by atoms with van der Waals surface area (Å²) in [5.74, 6) is -0.248. The molecule has 0 aromatic heterocycles. The zero-order chi connectivity index (χ0) is 36.4. The van der Waals surface area contributed by atoms with E-state index in [0.717, 1.165) is 9.87 Å². The molecule has 10 nitrogen and oxygen atoms in total. The van der Waals surface area contributed by atoms with Crippen molar-refractivity contribution in [3.8, 4) is 17.2 Å². The second kappa shape index (κ2) is 17.5. The standard InChI is InChI=1S/C37H41Cl2N3O7S/c1-25(2)22-40-37(44)32(19-26-10-7-6-8-11-26)41(23-27-12-9-13-28(38)18-27)36(43)24-42(31-20-29(39)14-16-33(31)47-3)50(45,46)30-15-17-34(48-4)35(21-30)49-5/h6-18,20-21,25,32H,19,22-24H2,1-5H3,(H,40,44)/t32-/m1/s1. The summed E-state index contributed by atoms with van der Waals surface area (Å²) in [6.07, 6.45) is 0.167. The van der Waals surface area contributed by atoms with Crippen LogP contribution in [0.25, 0.3) is 0 Å². The normalized spacial score (nSPS) is 11.8. The molecule has 4 aromatic rings. The molecule has 4 rings (SSSR count). The average molecular weight is 743 g/mol. The number of sulfonamides is 1. The summed E-state index contributed by atoms with van der Waals surface area (Å²) >= 11 is 12.7. The van der Waals surface area contributed by atoms with Crippen molar-refractivity contribution in [3.63, 3.8) is 0 Å². The van der Waals surface area contributed by atoms with Gasteiger partial charge in [-0.3, -0.25) is 13.9 Å². The van der Waals surface area contributed by atoms with Gasteiger partial charge in [0, 0.05) is 35.6 Å². The first-order chi connectivity index (χ1) is 23.9. The van der Waals surface area contributed by atoms with Gasteiger partial charge in [-0.25, -0.2) is 8.42 Å². The van der Waals surface area contributed by atoms with Crippen molar-refractivity contribution >= 4 is 50.7 Å². The van der Waals surface area contributed by atoms with Gasteiger partial charge in [0.25, 0.3) is 10.0 Å². The van der Waals surface area contributed by atoms with Crippen molar-refractivity contribution in [2.24, 2.45) is 5.92 Å². The predicted octanol–water partition coefficient (Wildman–Crippen LogP) is 6.63. The number of hydrogen-bond acceptors (Lipinski definition) is 7. The lowest BCUT2D eigenvalue weighted by Crippen LogP contribution is -2.53. The van der Waals surface area contributed by atoms with E-state index < -0.39 is 28.5 Å². The van der Waals surface area contributed by atoms with E-state index in [1.54, 1.807) is 30.3 Å². The predicted molar refractivity (Wildman–Crippen MR) is 196 cm³/mol. The number of anilines is 1. The minimum atomic E-state index is -4.51. The van der Waals surface area contributed by atoms with Crippen LogP contribution in [-0.2, 0) is 32.6 Å². The van der Waals surface area contributed by atoms with Crippen LogP contribution >= 0.6 is 23.2 Å². The Kier molecular flexibility index (Phi) is 13.4. The van der Waals surface area contributed by atoms with Gasteiger partial charge in [0.05, 0.1) is 31.9 Å². The topological polar surface area (TPSA) is 114 Å². The monoisotopic (exact) mass is 741 g/mol. The van der Waals surface area contributed by atoms with Crippen molar-refractivity contribution in [2.75, 3.05) is 38.7 Å². The molecular weight excluding hydrogens is 701 g/mol. The van der Waals surface area contributed by atoms with Gasteiger partial charge in [-0.1, -0.05) is 79.5 Å². The summed E-state index contributed by atoms with van der Waals surface area (Å²) in [6, 6.07) is 23.8. The number of benzene rings is 4. The smallest absolute Gasteiger partial charge is 0.265 e. The number of nitrogens with one attached hydrogen (secondary N) is 1. The molecule has 0 spiro atoms. The highest BCUT2D eigenvalue weighted by Crippen LogP contribution is 2.37. The van der Waals surface area contributed by atoms with Gasteiger partial charge in [-0.05, 0) is 59.5 Å². The average Bonchev–Trinajstić information content (AvgIpc) is 3.10. The Labute approximate surface area is 303 Å². The highest BCUT2D eigenvalue weighted by atomic mass is 35.5. The summed E-state index contributed by atoms with van der Waals surface area (Å²) in [5.41, 5.74) is 1.48. The molecule has 0 saturated carbocycles. The van der Waals surface area contributed by atoms with E-state index in [2.05, 4.69) is 5.32 Å². The SMILES string of the molecule is COc1ccc(S(=O)(=O)N(CC(=O)N(Cc2cccc(Cl)c2)[C@H](Cc2ccccc2)C(=O)NCC(C)C)c2cc(Cl)ccc2OC)cc1OC. The van der Waals surface area contributed by atoms with Gasteiger partial charge < -0.3 is 24.4 Å². The lowest BCUT2D eigenvalue weighted by atomic mass is 10.0. The highest BCUT2D eigenvalue weighted by Gasteiger charge is 2.36. The van der Waals surface area contributed by atoms with Crippen LogP contribution in [0.4, 0.5) is 5.69 Å². The number of amides is 2. The number of carbonyl (C=O) groups is 2. The third kappa shape index (κ3) is 9.62. The fourth-order valence-electron chi connectivity index (χ4n) is 5.28. The molecule has 0 heterocycles. The van der Waals surface area contributed by atoms with E-state index in [4.69, 9.17) is 37.4 Å². The number of nitrogens with zero attached hydrogens (tertiary/aromatic N) is 2. The first-order valence-electron chi connectivity index (χ1n) is 15.8. The molecule has 0 aliphatic rings. The van der Waals surface area contributed by atoms with Crippen molar-refractivity contribution in [2.45, 2.75) is 37.8 Å². The van der Waals surface area contributed by atoms with Crippen LogP contribution in [-0.4, -0.2) is 65.6 Å². The van der Waals surface area contributed by atoms with Crippen LogP contribution in [0.2, 0.25) is 10.0 Å². The summed E-state index contributed by atoms with van der Waals surface area (Å²) in [4.78, 5) is 30.0.